The molecule has 0 bridgehead atoms. The Kier molecular flexibility index (Phi) is 6.09. The molecule has 2 amide bonds. The van der Waals surface area contributed by atoms with Gasteiger partial charge >= 0.3 is 0 Å². The third-order valence-corrected chi connectivity index (χ3v) is 5.76. The van der Waals surface area contributed by atoms with Crippen LogP contribution in [0, 0.1) is 6.92 Å². The van der Waals surface area contributed by atoms with Crippen LogP contribution in [-0.2, 0) is 19.6 Å². The fourth-order valence-corrected chi connectivity index (χ4v) is 3.95. The number of aryl methyl sites for hydroxylation is 1. The molecule has 0 fully saturated rings. The van der Waals surface area contributed by atoms with Crippen molar-refractivity contribution in [2.75, 3.05) is 30.3 Å². The van der Waals surface area contributed by atoms with Gasteiger partial charge in [0.25, 0.3) is 21.8 Å². The van der Waals surface area contributed by atoms with Gasteiger partial charge in [0.1, 0.15) is 11.4 Å². The number of benzene rings is 2. The number of sulfonamides is 1. The van der Waals surface area contributed by atoms with Crippen LogP contribution in [0.1, 0.15) is 5.56 Å². The van der Waals surface area contributed by atoms with E-state index in [0.29, 0.717) is 17.1 Å². The summed E-state index contributed by atoms with van der Waals surface area (Å²) in [6, 6.07) is 10.9. The average Bonchev–Trinajstić information content (AvgIpc) is 2.96. The molecule has 158 valence electrons. The van der Waals surface area contributed by atoms with E-state index in [1.165, 1.54) is 31.4 Å². The van der Waals surface area contributed by atoms with Gasteiger partial charge in [0.15, 0.2) is 0 Å². The quantitative estimate of drug-likeness (QED) is 0.541. The molecule has 0 aliphatic carbocycles. The lowest BCUT2D eigenvalue weighted by atomic mass is 10.2. The van der Waals surface area contributed by atoms with Crippen molar-refractivity contribution in [1.82, 2.24) is 4.90 Å². The highest BCUT2D eigenvalue weighted by molar-refractivity contribution is 7.92. The Labute approximate surface area is 174 Å². The highest BCUT2D eigenvalue weighted by Gasteiger charge is 2.30. The lowest BCUT2D eigenvalue weighted by Crippen LogP contribution is -2.34. The van der Waals surface area contributed by atoms with E-state index in [0.717, 1.165) is 16.5 Å². The Bertz CT molecular complexity index is 1110. The second-order valence-corrected chi connectivity index (χ2v) is 8.22. The number of hydrogen-bond acceptors (Lipinski definition) is 7. The van der Waals surface area contributed by atoms with Gasteiger partial charge in [-0.05, 0) is 48.9 Å². The van der Waals surface area contributed by atoms with Gasteiger partial charge in [-0.25, -0.2) is 8.42 Å². The molecular weight excluding hydrogens is 410 g/mol. The van der Waals surface area contributed by atoms with Crippen molar-refractivity contribution in [2.45, 2.75) is 11.8 Å². The van der Waals surface area contributed by atoms with Crippen LogP contribution in [0.15, 0.2) is 59.1 Å². The smallest absolute Gasteiger partial charge is 0.277 e. The maximum Gasteiger partial charge on any atom is 0.277 e. The van der Waals surface area contributed by atoms with Crippen molar-refractivity contribution in [3.05, 3.63) is 59.8 Å². The Hall–Kier alpha value is -3.37. The molecule has 3 rings (SSSR count). The van der Waals surface area contributed by atoms with Gasteiger partial charge in [-0.2, -0.15) is 0 Å². The molecule has 3 N–H and O–H groups in total. The van der Waals surface area contributed by atoms with Crippen molar-refractivity contribution < 1.29 is 27.9 Å². The Morgan fingerprint density at radius 2 is 1.80 bits per heavy atom. The van der Waals surface area contributed by atoms with E-state index in [9.17, 15) is 18.0 Å². The number of methoxy groups -OCH3 is 1. The summed E-state index contributed by atoms with van der Waals surface area (Å²) >= 11 is 0. The minimum Gasteiger partial charge on any atom is -0.495 e. The summed E-state index contributed by atoms with van der Waals surface area (Å²) in [6.45, 7) is 1.41. The number of rotatable bonds is 8. The number of carbonyl (C=O) groups excluding carboxylic acids is 2. The molecule has 0 radical (unpaired) electrons. The molecule has 1 aliphatic rings. The third-order valence-electron chi connectivity index (χ3n) is 4.38. The topological polar surface area (TPSA) is 125 Å². The van der Waals surface area contributed by atoms with Crippen LogP contribution in [0.25, 0.3) is 0 Å². The normalized spacial score (nSPS) is 14.0. The number of anilines is 2. The fraction of sp³-hybridized carbons (Fsp3) is 0.200. The van der Waals surface area contributed by atoms with E-state index in [4.69, 9.17) is 9.84 Å². The first-order valence-corrected chi connectivity index (χ1v) is 10.5. The second-order valence-electron chi connectivity index (χ2n) is 6.54. The van der Waals surface area contributed by atoms with Crippen LogP contribution in [0.2, 0.25) is 0 Å². The SMILES string of the molecule is COc1ccc(C)cc1NS(=O)(=O)c1ccc(NC2=CC(=O)N(CCO)C2=O)cc1. The average molecular weight is 431 g/mol. The van der Waals surface area contributed by atoms with Gasteiger partial charge in [-0.1, -0.05) is 6.07 Å². The molecule has 1 heterocycles. The number of amides is 2. The highest BCUT2D eigenvalue weighted by atomic mass is 32.2. The zero-order valence-electron chi connectivity index (χ0n) is 16.4. The first-order valence-electron chi connectivity index (χ1n) is 8.98. The number of nitrogens with one attached hydrogen (secondary N) is 2. The Morgan fingerprint density at radius 3 is 2.43 bits per heavy atom. The van der Waals surface area contributed by atoms with Gasteiger partial charge in [0.05, 0.1) is 30.8 Å². The maximum atomic E-state index is 12.7. The van der Waals surface area contributed by atoms with Gasteiger partial charge in [0.2, 0.25) is 0 Å². The third kappa shape index (κ3) is 4.44. The second kappa shape index (κ2) is 8.56. The predicted octanol–water partition coefficient (Wildman–Crippen LogP) is 1.46. The largest absolute Gasteiger partial charge is 0.495 e. The number of carbonyl (C=O) groups is 2. The standard InChI is InChI=1S/C20H21N3O6S/c1-13-3-8-18(29-2)16(11-13)22-30(27,28)15-6-4-14(5-7-15)21-17-12-19(25)23(9-10-24)20(17)26/h3-8,11-12,21-22,24H,9-10H2,1-2H3. The lowest BCUT2D eigenvalue weighted by molar-refractivity contribution is -0.137. The summed E-state index contributed by atoms with van der Waals surface area (Å²) in [5.74, 6) is -0.683. The van der Waals surface area contributed by atoms with Gasteiger partial charge in [0, 0.05) is 11.8 Å². The monoisotopic (exact) mass is 431 g/mol. The maximum absolute atomic E-state index is 12.7. The Morgan fingerprint density at radius 1 is 1.10 bits per heavy atom. The predicted molar refractivity (Wildman–Crippen MR) is 110 cm³/mol. The molecule has 0 saturated heterocycles. The van der Waals surface area contributed by atoms with Crippen molar-refractivity contribution in [2.24, 2.45) is 0 Å². The molecular formula is C20H21N3O6S. The summed E-state index contributed by atoms with van der Waals surface area (Å²) in [7, 11) is -2.42. The zero-order valence-corrected chi connectivity index (χ0v) is 17.2. The molecule has 0 saturated carbocycles. The van der Waals surface area contributed by atoms with Crippen molar-refractivity contribution in [3.8, 4) is 5.75 Å². The molecule has 0 spiro atoms. The van der Waals surface area contributed by atoms with Crippen LogP contribution >= 0.6 is 0 Å². The van der Waals surface area contributed by atoms with Crippen LogP contribution < -0.4 is 14.8 Å². The zero-order chi connectivity index (χ0) is 21.9. The van der Waals surface area contributed by atoms with Crippen LogP contribution in [0.3, 0.4) is 0 Å². The first-order chi connectivity index (χ1) is 14.2. The minimum absolute atomic E-state index is 0.0151. The minimum atomic E-state index is -3.87. The number of hydrogen-bond donors (Lipinski definition) is 3. The van der Waals surface area contributed by atoms with Crippen molar-refractivity contribution >= 4 is 33.2 Å². The van der Waals surface area contributed by atoms with Crippen LogP contribution in [0.5, 0.6) is 5.75 Å². The summed E-state index contributed by atoms with van der Waals surface area (Å²) in [5.41, 5.74) is 1.67. The molecule has 9 nitrogen and oxygen atoms in total. The van der Waals surface area contributed by atoms with Crippen molar-refractivity contribution in [3.63, 3.8) is 0 Å². The molecule has 30 heavy (non-hydrogen) atoms. The number of aliphatic hydroxyl groups is 1. The summed E-state index contributed by atoms with van der Waals surface area (Å²) < 4.78 is 33.1. The molecule has 2 aromatic rings. The molecule has 0 atom stereocenters. The number of aliphatic hydroxyl groups excluding tert-OH is 1. The summed E-state index contributed by atoms with van der Waals surface area (Å²) in [4.78, 5) is 24.9. The van der Waals surface area contributed by atoms with Crippen LogP contribution in [0.4, 0.5) is 11.4 Å². The number of imide groups is 1. The first kappa shape index (κ1) is 21.3. The molecule has 10 heteroatoms. The van der Waals surface area contributed by atoms with E-state index in [-0.39, 0.29) is 23.7 Å². The van der Waals surface area contributed by atoms with Crippen molar-refractivity contribution in [1.29, 1.82) is 0 Å². The number of ether oxygens (including phenoxy) is 1. The lowest BCUT2D eigenvalue weighted by Gasteiger charge is -2.14. The molecule has 1 aliphatic heterocycles. The van der Waals surface area contributed by atoms with E-state index in [2.05, 4.69) is 10.0 Å². The molecule has 2 aromatic carbocycles. The molecule has 0 aromatic heterocycles. The van der Waals surface area contributed by atoms with E-state index in [1.54, 1.807) is 12.1 Å². The summed E-state index contributed by atoms with van der Waals surface area (Å²) in [5, 5.41) is 11.7. The molecule has 0 unspecified atom stereocenters. The highest BCUT2D eigenvalue weighted by Crippen LogP contribution is 2.28. The van der Waals surface area contributed by atoms with Gasteiger partial charge in [-0.15, -0.1) is 0 Å². The van der Waals surface area contributed by atoms with E-state index < -0.39 is 21.8 Å². The van der Waals surface area contributed by atoms with Gasteiger partial charge in [-0.3, -0.25) is 19.2 Å². The van der Waals surface area contributed by atoms with Crippen LogP contribution in [-0.4, -0.2) is 50.5 Å². The van der Waals surface area contributed by atoms with E-state index in [1.807, 2.05) is 13.0 Å². The van der Waals surface area contributed by atoms with Gasteiger partial charge < -0.3 is 15.2 Å². The number of nitrogens with zero attached hydrogens (tertiary/aromatic N) is 1. The van der Waals surface area contributed by atoms with E-state index >= 15 is 0 Å². The summed E-state index contributed by atoms with van der Waals surface area (Å²) in [6.07, 6.45) is 1.13. The Balaban J connectivity index is 1.76. The number of β-amino-alcohol motifs (C(OH)–C–C–N with tert-alkyl or cyclic N) is 1. The fourth-order valence-electron chi connectivity index (χ4n) is 2.89.